The van der Waals surface area contributed by atoms with Crippen molar-refractivity contribution >= 4 is 5.91 Å². The topological polar surface area (TPSA) is 51.0 Å². The minimum absolute atomic E-state index is 0.0939. The number of hydrogen-bond acceptors (Lipinski definition) is 3. The molecule has 0 aliphatic carbocycles. The molecule has 0 saturated carbocycles. The molecule has 3 rings (SSSR count). The Morgan fingerprint density at radius 3 is 2.82 bits per heavy atom. The number of halogens is 1. The van der Waals surface area contributed by atoms with Crippen LogP contribution in [-0.2, 0) is 17.8 Å². The Kier molecular flexibility index (Phi) is 4.46. The fourth-order valence-electron chi connectivity index (χ4n) is 2.94. The first-order valence-corrected chi connectivity index (χ1v) is 7.60. The van der Waals surface area contributed by atoms with Gasteiger partial charge in [0.05, 0.1) is 25.2 Å². The number of rotatable bonds is 4. The summed E-state index contributed by atoms with van der Waals surface area (Å²) < 4.78 is 14.7. The maximum Gasteiger partial charge on any atom is 0.227 e. The highest BCUT2D eigenvalue weighted by molar-refractivity contribution is 5.79. The molecule has 5 nitrogen and oxygen atoms in total. The van der Waals surface area contributed by atoms with Crippen molar-refractivity contribution in [3.8, 4) is 0 Å². The molecule has 22 heavy (non-hydrogen) atoms. The Morgan fingerprint density at radius 2 is 2.09 bits per heavy atom. The summed E-state index contributed by atoms with van der Waals surface area (Å²) in [5, 5.41) is 7.79. The van der Waals surface area contributed by atoms with E-state index in [0.29, 0.717) is 13.0 Å². The highest BCUT2D eigenvalue weighted by Gasteiger charge is 2.27. The van der Waals surface area contributed by atoms with Crippen LogP contribution >= 0.6 is 0 Å². The van der Waals surface area contributed by atoms with Crippen LogP contribution in [0.1, 0.15) is 24.8 Å². The van der Waals surface area contributed by atoms with E-state index in [1.807, 2.05) is 11.1 Å². The van der Waals surface area contributed by atoms with E-state index in [4.69, 9.17) is 0 Å². The summed E-state index contributed by atoms with van der Waals surface area (Å²) in [5.74, 6) is -0.186. The molecule has 2 aromatic rings. The minimum Gasteiger partial charge on any atom is -0.338 e. The number of benzene rings is 1. The lowest BCUT2D eigenvalue weighted by Gasteiger charge is -2.35. The predicted molar refractivity (Wildman–Crippen MR) is 79.5 cm³/mol. The third-order valence-electron chi connectivity index (χ3n) is 4.09. The maximum absolute atomic E-state index is 12.9. The van der Waals surface area contributed by atoms with E-state index in [1.165, 1.54) is 12.1 Å². The summed E-state index contributed by atoms with van der Waals surface area (Å²) in [6, 6.07) is 6.29. The van der Waals surface area contributed by atoms with Crippen LogP contribution in [0.2, 0.25) is 0 Å². The normalized spacial score (nSPS) is 18.4. The molecule has 2 heterocycles. The predicted octanol–water partition coefficient (Wildman–Crippen LogP) is 2.04. The number of aromatic nitrogens is 3. The lowest BCUT2D eigenvalue weighted by molar-refractivity contribution is -0.134. The molecule has 1 amide bonds. The summed E-state index contributed by atoms with van der Waals surface area (Å²) in [7, 11) is 0. The van der Waals surface area contributed by atoms with E-state index in [-0.39, 0.29) is 17.8 Å². The minimum atomic E-state index is -0.279. The molecule has 1 aromatic carbocycles. The molecule has 1 aliphatic rings. The monoisotopic (exact) mass is 302 g/mol. The van der Waals surface area contributed by atoms with Gasteiger partial charge in [0.1, 0.15) is 5.82 Å². The van der Waals surface area contributed by atoms with Gasteiger partial charge in [-0.2, -0.15) is 0 Å². The van der Waals surface area contributed by atoms with Crippen molar-refractivity contribution in [2.24, 2.45) is 0 Å². The second-order valence-corrected chi connectivity index (χ2v) is 5.67. The average molecular weight is 302 g/mol. The molecule has 0 bridgehead atoms. The number of carbonyl (C=O) groups excluding carboxylic acids is 1. The van der Waals surface area contributed by atoms with E-state index < -0.39 is 0 Å². The number of nitrogens with zero attached hydrogens (tertiary/aromatic N) is 4. The van der Waals surface area contributed by atoms with E-state index in [9.17, 15) is 9.18 Å². The van der Waals surface area contributed by atoms with E-state index >= 15 is 0 Å². The van der Waals surface area contributed by atoms with Gasteiger partial charge in [-0.25, -0.2) is 4.39 Å². The van der Waals surface area contributed by atoms with Gasteiger partial charge in [-0.05, 0) is 37.0 Å². The SMILES string of the molecule is O=C(Cc1ccc(F)cc1)N1CCCC[C@@H]1Cn1ccnn1. The lowest BCUT2D eigenvalue weighted by atomic mass is 10.0. The molecule has 1 atom stereocenters. The van der Waals surface area contributed by atoms with Gasteiger partial charge in [0.15, 0.2) is 0 Å². The van der Waals surface area contributed by atoms with Gasteiger partial charge in [-0.3, -0.25) is 9.48 Å². The molecule has 0 unspecified atom stereocenters. The van der Waals surface area contributed by atoms with Gasteiger partial charge in [-0.15, -0.1) is 5.10 Å². The van der Waals surface area contributed by atoms with Crippen molar-refractivity contribution in [2.45, 2.75) is 38.3 Å². The van der Waals surface area contributed by atoms with Crippen LogP contribution in [0.5, 0.6) is 0 Å². The molecule has 1 saturated heterocycles. The first-order chi connectivity index (χ1) is 10.7. The molecule has 0 radical (unpaired) electrons. The van der Waals surface area contributed by atoms with Crippen molar-refractivity contribution in [3.63, 3.8) is 0 Å². The highest BCUT2D eigenvalue weighted by atomic mass is 19.1. The van der Waals surface area contributed by atoms with Crippen LogP contribution in [0, 0.1) is 5.82 Å². The van der Waals surface area contributed by atoms with Crippen LogP contribution in [0.25, 0.3) is 0 Å². The average Bonchev–Trinajstić information content (AvgIpc) is 3.03. The first kappa shape index (κ1) is 14.7. The van der Waals surface area contributed by atoms with Gasteiger partial charge in [0.25, 0.3) is 0 Å². The molecule has 116 valence electrons. The van der Waals surface area contributed by atoms with Crippen molar-refractivity contribution in [1.82, 2.24) is 19.9 Å². The fourth-order valence-corrected chi connectivity index (χ4v) is 2.94. The quantitative estimate of drug-likeness (QED) is 0.868. The van der Waals surface area contributed by atoms with Crippen molar-refractivity contribution in [3.05, 3.63) is 48.0 Å². The molecule has 1 fully saturated rings. The molecule has 1 aliphatic heterocycles. The Labute approximate surface area is 128 Å². The number of likely N-dealkylation sites (tertiary alicyclic amines) is 1. The zero-order valence-corrected chi connectivity index (χ0v) is 12.4. The second-order valence-electron chi connectivity index (χ2n) is 5.67. The van der Waals surface area contributed by atoms with Crippen LogP contribution < -0.4 is 0 Å². The summed E-state index contributed by atoms with van der Waals surface area (Å²) in [4.78, 5) is 14.5. The second kappa shape index (κ2) is 6.68. The zero-order chi connectivity index (χ0) is 15.4. The zero-order valence-electron chi connectivity index (χ0n) is 12.4. The van der Waals surface area contributed by atoms with E-state index in [1.54, 1.807) is 23.0 Å². The Morgan fingerprint density at radius 1 is 1.27 bits per heavy atom. The van der Waals surface area contributed by atoms with Crippen LogP contribution in [-0.4, -0.2) is 38.4 Å². The summed E-state index contributed by atoms with van der Waals surface area (Å²) >= 11 is 0. The largest absolute Gasteiger partial charge is 0.338 e. The van der Waals surface area contributed by atoms with Crippen molar-refractivity contribution in [2.75, 3.05) is 6.54 Å². The Bertz CT molecular complexity index is 612. The molecule has 1 aromatic heterocycles. The number of piperidine rings is 1. The van der Waals surface area contributed by atoms with Crippen LogP contribution in [0.3, 0.4) is 0 Å². The molecular formula is C16H19FN4O. The lowest BCUT2D eigenvalue weighted by Crippen LogP contribution is -2.46. The van der Waals surface area contributed by atoms with E-state index in [0.717, 1.165) is 31.4 Å². The van der Waals surface area contributed by atoms with Crippen LogP contribution in [0.4, 0.5) is 4.39 Å². The third kappa shape index (κ3) is 3.50. The summed E-state index contributed by atoms with van der Waals surface area (Å²) in [5.41, 5.74) is 0.844. The fraction of sp³-hybridized carbons (Fsp3) is 0.438. The van der Waals surface area contributed by atoms with Gasteiger partial charge < -0.3 is 4.90 Å². The van der Waals surface area contributed by atoms with Crippen molar-refractivity contribution in [1.29, 1.82) is 0 Å². The smallest absolute Gasteiger partial charge is 0.227 e. The van der Waals surface area contributed by atoms with Gasteiger partial charge in [-0.1, -0.05) is 17.3 Å². The maximum atomic E-state index is 12.9. The van der Waals surface area contributed by atoms with Crippen molar-refractivity contribution < 1.29 is 9.18 Å². The molecule has 0 N–H and O–H groups in total. The summed E-state index contributed by atoms with van der Waals surface area (Å²) in [6.45, 7) is 1.45. The molecular weight excluding hydrogens is 283 g/mol. The number of hydrogen-bond donors (Lipinski definition) is 0. The Hall–Kier alpha value is -2.24. The van der Waals surface area contributed by atoms with E-state index in [2.05, 4.69) is 10.3 Å². The van der Waals surface area contributed by atoms with Gasteiger partial charge >= 0.3 is 0 Å². The van der Waals surface area contributed by atoms with Gasteiger partial charge in [0.2, 0.25) is 5.91 Å². The number of amides is 1. The molecule has 0 spiro atoms. The standard InChI is InChI=1S/C16H19FN4O/c17-14-6-4-13(5-7-14)11-16(22)21-9-2-1-3-15(21)12-20-10-8-18-19-20/h4-8,10,15H,1-3,9,11-12H2/t15-/m1/s1. The Balaban J connectivity index is 1.66. The van der Waals surface area contributed by atoms with Crippen LogP contribution in [0.15, 0.2) is 36.7 Å². The first-order valence-electron chi connectivity index (χ1n) is 7.60. The number of carbonyl (C=O) groups is 1. The highest BCUT2D eigenvalue weighted by Crippen LogP contribution is 2.19. The molecule has 6 heteroatoms. The summed E-state index contributed by atoms with van der Waals surface area (Å²) in [6.07, 6.45) is 6.91. The third-order valence-corrected chi connectivity index (χ3v) is 4.09. The van der Waals surface area contributed by atoms with Gasteiger partial charge in [0, 0.05) is 12.7 Å².